The molecule has 0 aromatic heterocycles. The van der Waals surface area contributed by atoms with Crippen molar-refractivity contribution in [3.63, 3.8) is 0 Å². The van der Waals surface area contributed by atoms with E-state index in [-0.39, 0.29) is 23.5 Å². The van der Waals surface area contributed by atoms with Crippen molar-refractivity contribution in [3.8, 4) is 17.2 Å². The highest BCUT2D eigenvalue weighted by Gasteiger charge is 2.18. The van der Waals surface area contributed by atoms with E-state index >= 15 is 0 Å². The number of ketones is 1. The molecule has 10 heteroatoms. The Hall–Kier alpha value is -4.28. The number of nitrogens with one attached hydrogen (secondary N) is 1. The second kappa shape index (κ2) is 15.6. The molecule has 0 aliphatic rings. The van der Waals surface area contributed by atoms with Crippen molar-refractivity contribution in [2.75, 3.05) is 78.4 Å². The van der Waals surface area contributed by atoms with Crippen LogP contribution >= 0.6 is 0 Å². The van der Waals surface area contributed by atoms with Crippen LogP contribution in [0, 0.1) is 0 Å². The SMILES string of the molecule is COc1cc(C(=O)Cc2cc(OCCCN(C)C)ccc2N)ccc1C(=O)Nc1cc(OCCCN(C)C)ccc1N. The van der Waals surface area contributed by atoms with Gasteiger partial charge in [-0.3, -0.25) is 9.59 Å². The first kappa shape index (κ1) is 32.2. The highest BCUT2D eigenvalue weighted by molar-refractivity contribution is 6.08. The molecule has 10 nitrogen and oxygen atoms in total. The molecule has 0 heterocycles. The molecular formula is C32H43N5O5. The Morgan fingerprint density at radius 2 is 1.38 bits per heavy atom. The Labute approximate surface area is 248 Å². The third kappa shape index (κ3) is 9.67. The minimum Gasteiger partial charge on any atom is -0.496 e. The second-order valence-corrected chi connectivity index (χ2v) is 10.6. The summed E-state index contributed by atoms with van der Waals surface area (Å²) in [6, 6.07) is 15.2. The summed E-state index contributed by atoms with van der Waals surface area (Å²) in [5.41, 5.74) is 14.9. The van der Waals surface area contributed by atoms with Gasteiger partial charge in [0.25, 0.3) is 5.91 Å². The molecule has 0 saturated carbocycles. The van der Waals surface area contributed by atoms with Crippen molar-refractivity contribution < 1.29 is 23.8 Å². The van der Waals surface area contributed by atoms with Gasteiger partial charge in [-0.1, -0.05) is 6.07 Å². The van der Waals surface area contributed by atoms with Gasteiger partial charge in [-0.15, -0.1) is 0 Å². The Balaban J connectivity index is 1.68. The van der Waals surface area contributed by atoms with Crippen molar-refractivity contribution in [2.24, 2.45) is 0 Å². The largest absolute Gasteiger partial charge is 0.496 e. The molecule has 0 atom stereocenters. The first-order chi connectivity index (χ1) is 20.1. The lowest BCUT2D eigenvalue weighted by atomic mass is 9.99. The van der Waals surface area contributed by atoms with Crippen molar-refractivity contribution in [1.82, 2.24) is 9.80 Å². The van der Waals surface area contributed by atoms with Crippen molar-refractivity contribution in [3.05, 3.63) is 71.3 Å². The molecule has 226 valence electrons. The van der Waals surface area contributed by atoms with E-state index in [0.717, 1.165) is 25.9 Å². The smallest absolute Gasteiger partial charge is 0.259 e. The standard InChI is InChI=1S/C32H43N5O5/c1-36(2)14-6-16-41-24-9-12-27(33)23(18-24)19-30(38)22-8-11-26(31(20-22)40-5)32(39)35-29-21-25(10-13-28(29)34)42-17-7-15-37(3)4/h8-13,18,20-21H,6-7,14-17,19,33-34H2,1-5H3,(H,35,39). The van der Waals surface area contributed by atoms with E-state index in [9.17, 15) is 9.59 Å². The van der Waals surface area contributed by atoms with Crippen LogP contribution in [-0.4, -0.2) is 83.1 Å². The Morgan fingerprint density at radius 3 is 1.98 bits per heavy atom. The zero-order chi connectivity index (χ0) is 30.6. The molecule has 0 aliphatic heterocycles. The van der Waals surface area contributed by atoms with E-state index in [2.05, 4.69) is 15.1 Å². The molecule has 42 heavy (non-hydrogen) atoms. The summed E-state index contributed by atoms with van der Waals surface area (Å²) in [4.78, 5) is 30.6. The van der Waals surface area contributed by atoms with Crippen molar-refractivity contribution in [1.29, 1.82) is 0 Å². The van der Waals surface area contributed by atoms with Crippen LogP contribution in [0.15, 0.2) is 54.6 Å². The van der Waals surface area contributed by atoms with Crippen molar-refractivity contribution >= 4 is 28.8 Å². The molecule has 0 radical (unpaired) electrons. The number of carbonyl (C=O) groups is 2. The molecule has 3 rings (SSSR count). The number of nitrogens with zero attached hydrogens (tertiary/aromatic N) is 2. The number of carbonyl (C=O) groups excluding carboxylic acids is 2. The van der Waals surface area contributed by atoms with Crippen LogP contribution < -0.4 is 31.0 Å². The van der Waals surface area contributed by atoms with Crippen molar-refractivity contribution in [2.45, 2.75) is 19.3 Å². The Morgan fingerprint density at radius 1 is 0.786 bits per heavy atom. The minimum absolute atomic E-state index is 0.0767. The fraction of sp³-hybridized carbons (Fsp3) is 0.375. The van der Waals surface area contributed by atoms with Gasteiger partial charge in [0.05, 0.1) is 37.3 Å². The van der Waals surface area contributed by atoms with Gasteiger partial charge in [0.15, 0.2) is 5.78 Å². The van der Waals surface area contributed by atoms with Crippen LogP contribution in [0.4, 0.5) is 17.1 Å². The maximum atomic E-state index is 13.2. The fourth-order valence-electron chi connectivity index (χ4n) is 4.22. The number of rotatable bonds is 16. The molecular weight excluding hydrogens is 534 g/mol. The number of hydrogen-bond donors (Lipinski definition) is 3. The van der Waals surface area contributed by atoms with Gasteiger partial charge in [-0.2, -0.15) is 0 Å². The zero-order valence-electron chi connectivity index (χ0n) is 25.2. The van der Waals surface area contributed by atoms with Gasteiger partial charge in [0.2, 0.25) is 0 Å². The third-order valence-corrected chi connectivity index (χ3v) is 6.54. The average molecular weight is 578 g/mol. The minimum atomic E-state index is -0.425. The maximum Gasteiger partial charge on any atom is 0.259 e. The lowest BCUT2D eigenvalue weighted by Crippen LogP contribution is -2.16. The predicted octanol–water partition coefficient (Wildman–Crippen LogP) is 4.20. The predicted molar refractivity (Wildman–Crippen MR) is 168 cm³/mol. The normalized spacial score (nSPS) is 11.0. The number of Topliss-reactive ketones (excluding diaryl/α,β-unsaturated/α-hetero) is 1. The highest BCUT2D eigenvalue weighted by atomic mass is 16.5. The van der Waals surface area contributed by atoms with Gasteiger partial charge in [0, 0.05) is 36.8 Å². The first-order valence-electron chi connectivity index (χ1n) is 13.9. The van der Waals surface area contributed by atoms with Gasteiger partial charge in [0.1, 0.15) is 17.2 Å². The van der Waals surface area contributed by atoms with Crippen LogP contribution in [0.1, 0.15) is 39.1 Å². The average Bonchev–Trinajstić information content (AvgIpc) is 2.96. The van der Waals surface area contributed by atoms with Crippen LogP contribution in [0.2, 0.25) is 0 Å². The lowest BCUT2D eigenvalue weighted by Gasteiger charge is -2.14. The number of ether oxygens (including phenoxy) is 3. The van der Waals surface area contributed by atoms with E-state index in [1.54, 1.807) is 54.6 Å². The second-order valence-electron chi connectivity index (χ2n) is 10.6. The zero-order valence-corrected chi connectivity index (χ0v) is 25.2. The van der Waals surface area contributed by atoms with E-state index < -0.39 is 5.91 Å². The molecule has 0 fully saturated rings. The topological polar surface area (TPSA) is 132 Å². The van der Waals surface area contributed by atoms with E-state index in [0.29, 0.717) is 52.9 Å². The Bertz CT molecular complexity index is 1360. The highest BCUT2D eigenvalue weighted by Crippen LogP contribution is 2.28. The molecule has 5 N–H and O–H groups in total. The molecule has 0 aliphatic carbocycles. The third-order valence-electron chi connectivity index (χ3n) is 6.54. The van der Waals surface area contributed by atoms with Gasteiger partial charge < -0.3 is 40.8 Å². The van der Waals surface area contributed by atoms with Gasteiger partial charge in [-0.05, 0) is 89.1 Å². The molecule has 0 saturated heterocycles. The molecule has 0 unspecified atom stereocenters. The molecule has 0 spiro atoms. The number of hydrogen-bond acceptors (Lipinski definition) is 9. The van der Waals surface area contributed by atoms with Crippen LogP contribution in [0.25, 0.3) is 0 Å². The summed E-state index contributed by atoms with van der Waals surface area (Å²) in [5, 5.41) is 2.83. The quantitative estimate of drug-likeness (QED) is 0.130. The van der Waals surface area contributed by atoms with E-state index in [1.807, 2.05) is 28.2 Å². The summed E-state index contributed by atoms with van der Waals surface area (Å²) in [7, 11) is 9.49. The van der Waals surface area contributed by atoms with Crippen LogP contribution in [0.5, 0.6) is 17.2 Å². The number of nitrogen functional groups attached to an aromatic ring is 2. The molecule has 0 bridgehead atoms. The first-order valence-corrected chi connectivity index (χ1v) is 13.9. The summed E-state index contributed by atoms with van der Waals surface area (Å²) in [6.45, 7) is 2.93. The number of benzene rings is 3. The van der Waals surface area contributed by atoms with Gasteiger partial charge in [-0.25, -0.2) is 0 Å². The number of nitrogens with two attached hydrogens (primary N) is 2. The lowest BCUT2D eigenvalue weighted by molar-refractivity contribution is 0.0987. The summed E-state index contributed by atoms with van der Waals surface area (Å²) >= 11 is 0. The summed E-state index contributed by atoms with van der Waals surface area (Å²) in [6.07, 6.45) is 1.83. The van der Waals surface area contributed by atoms with Crippen LogP contribution in [0.3, 0.4) is 0 Å². The monoisotopic (exact) mass is 577 g/mol. The van der Waals surface area contributed by atoms with E-state index in [1.165, 1.54) is 7.11 Å². The van der Waals surface area contributed by atoms with E-state index in [4.69, 9.17) is 25.7 Å². The number of anilines is 3. The van der Waals surface area contributed by atoms with Crippen LogP contribution in [-0.2, 0) is 6.42 Å². The fourth-order valence-corrected chi connectivity index (χ4v) is 4.22. The summed E-state index contributed by atoms with van der Waals surface area (Å²) in [5.74, 6) is 0.941. The summed E-state index contributed by atoms with van der Waals surface area (Å²) < 4.78 is 17.1. The number of amides is 1. The molecule has 3 aromatic carbocycles. The maximum absolute atomic E-state index is 13.2. The molecule has 1 amide bonds. The molecule has 3 aromatic rings. The van der Waals surface area contributed by atoms with Gasteiger partial charge >= 0.3 is 0 Å². The Kier molecular flexibility index (Phi) is 12.0. The number of methoxy groups -OCH3 is 1.